The third kappa shape index (κ3) is 2.31. The van der Waals surface area contributed by atoms with Crippen LogP contribution in [0.4, 0.5) is 0 Å². The monoisotopic (exact) mass is 307 g/mol. The molecule has 23 heavy (non-hydrogen) atoms. The Labute approximate surface area is 135 Å². The average Bonchev–Trinajstić information content (AvgIpc) is 3.21. The second-order valence-corrected chi connectivity index (χ2v) is 6.60. The van der Waals surface area contributed by atoms with Crippen LogP contribution in [0.25, 0.3) is 10.9 Å². The van der Waals surface area contributed by atoms with Gasteiger partial charge in [0.2, 0.25) is 0 Å². The van der Waals surface area contributed by atoms with E-state index in [-0.39, 0.29) is 11.8 Å². The third-order valence-corrected chi connectivity index (χ3v) is 5.08. The van der Waals surface area contributed by atoms with Crippen LogP contribution in [0.2, 0.25) is 0 Å². The molecule has 1 aliphatic carbocycles. The number of carbonyl (C=O) groups is 1. The number of Topliss-reactive ketones (excluding diaryl/α,β-unsaturated/α-hetero) is 1. The van der Waals surface area contributed by atoms with Crippen LogP contribution in [0.15, 0.2) is 40.8 Å². The van der Waals surface area contributed by atoms with Gasteiger partial charge in [-0.25, -0.2) is 0 Å². The lowest BCUT2D eigenvalue weighted by Gasteiger charge is -2.21. The van der Waals surface area contributed by atoms with Gasteiger partial charge in [-0.05, 0) is 50.5 Å². The summed E-state index contributed by atoms with van der Waals surface area (Å²) in [6, 6.07) is 12.3. The van der Waals surface area contributed by atoms with Crippen molar-refractivity contribution in [2.75, 3.05) is 0 Å². The van der Waals surface area contributed by atoms with Gasteiger partial charge in [-0.15, -0.1) is 0 Å². The molecule has 2 heterocycles. The molecular weight excluding hydrogens is 286 g/mol. The summed E-state index contributed by atoms with van der Waals surface area (Å²) in [7, 11) is 0. The van der Waals surface area contributed by atoms with Crippen LogP contribution >= 0.6 is 0 Å². The summed E-state index contributed by atoms with van der Waals surface area (Å²) in [6.45, 7) is 4.05. The molecule has 0 saturated heterocycles. The Bertz CT molecular complexity index is 871. The van der Waals surface area contributed by atoms with E-state index in [2.05, 4.69) is 30.1 Å². The SMILES string of the molecule is Cc1ccc(C(c2c(C)[nH]c3ccccc23)C2CCCC2=O)o1. The minimum absolute atomic E-state index is 0.00912. The molecule has 3 nitrogen and oxygen atoms in total. The van der Waals surface area contributed by atoms with E-state index in [9.17, 15) is 4.79 Å². The van der Waals surface area contributed by atoms with Gasteiger partial charge in [-0.2, -0.15) is 0 Å². The lowest BCUT2D eigenvalue weighted by atomic mass is 9.81. The Hall–Kier alpha value is -2.29. The van der Waals surface area contributed by atoms with Gasteiger partial charge in [0.1, 0.15) is 17.3 Å². The number of hydrogen-bond donors (Lipinski definition) is 1. The highest BCUT2D eigenvalue weighted by atomic mass is 16.3. The largest absolute Gasteiger partial charge is 0.466 e. The predicted molar refractivity (Wildman–Crippen MR) is 90.7 cm³/mol. The number of aromatic nitrogens is 1. The van der Waals surface area contributed by atoms with Crippen molar-refractivity contribution < 1.29 is 9.21 Å². The molecule has 118 valence electrons. The molecular formula is C20H21NO2. The zero-order valence-electron chi connectivity index (χ0n) is 13.6. The van der Waals surface area contributed by atoms with E-state index in [4.69, 9.17) is 4.42 Å². The quantitative estimate of drug-likeness (QED) is 0.749. The molecule has 3 heteroatoms. The van der Waals surface area contributed by atoms with Crippen molar-refractivity contribution in [2.45, 2.75) is 39.0 Å². The first-order valence-corrected chi connectivity index (χ1v) is 8.31. The molecule has 0 spiro atoms. The Morgan fingerprint density at radius 3 is 2.70 bits per heavy atom. The fourth-order valence-electron chi connectivity index (χ4n) is 4.06. The molecule has 1 N–H and O–H groups in total. The molecule has 1 aliphatic rings. The maximum atomic E-state index is 12.5. The summed E-state index contributed by atoms with van der Waals surface area (Å²) < 4.78 is 5.97. The fourth-order valence-corrected chi connectivity index (χ4v) is 4.06. The van der Waals surface area contributed by atoms with Crippen molar-refractivity contribution in [3.05, 3.63) is 59.2 Å². The minimum atomic E-state index is 0.00912. The van der Waals surface area contributed by atoms with E-state index >= 15 is 0 Å². The maximum absolute atomic E-state index is 12.5. The summed E-state index contributed by atoms with van der Waals surface area (Å²) in [5, 5.41) is 1.20. The number of furan rings is 1. The molecule has 4 rings (SSSR count). The Morgan fingerprint density at radius 2 is 2.00 bits per heavy atom. The molecule has 3 aromatic rings. The van der Waals surface area contributed by atoms with Crippen LogP contribution in [0.3, 0.4) is 0 Å². The first-order chi connectivity index (χ1) is 11.1. The second-order valence-electron chi connectivity index (χ2n) is 6.60. The van der Waals surface area contributed by atoms with Gasteiger partial charge in [0.15, 0.2) is 0 Å². The van der Waals surface area contributed by atoms with Crippen LogP contribution in [-0.2, 0) is 4.79 Å². The first-order valence-electron chi connectivity index (χ1n) is 8.31. The number of para-hydroxylation sites is 1. The third-order valence-electron chi connectivity index (χ3n) is 5.08. The lowest BCUT2D eigenvalue weighted by Crippen LogP contribution is -2.18. The van der Waals surface area contributed by atoms with Crippen LogP contribution in [-0.4, -0.2) is 10.8 Å². The first kappa shape index (κ1) is 14.3. The molecule has 1 aromatic carbocycles. The Morgan fingerprint density at radius 1 is 1.17 bits per heavy atom. The standard InChI is InChI=1S/C20H21NO2/c1-12-10-11-18(23-12)20(15-7-5-9-17(15)22)19-13(2)21-16-8-4-3-6-14(16)19/h3-4,6,8,10-11,15,20-21H,5,7,9H2,1-2H3. The zero-order valence-corrected chi connectivity index (χ0v) is 13.6. The summed E-state index contributed by atoms with van der Waals surface area (Å²) >= 11 is 0. The van der Waals surface area contributed by atoms with Crippen LogP contribution in [0.1, 0.15) is 48.0 Å². The van der Waals surface area contributed by atoms with Crippen LogP contribution in [0.5, 0.6) is 0 Å². The Balaban J connectivity index is 1.93. The van der Waals surface area contributed by atoms with Crippen molar-refractivity contribution in [3.8, 4) is 0 Å². The molecule has 0 bridgehead atoms. The Kier molecular flexibility index (Phi) is 3.37. The predicted octanol–water partition coefficient (Wildman–Crippen LogP) is 4.88. The highest BCUT2D eigenvalue weighted by Crippen LogP contribution is 2.44. The summed E-state index contributed by atoms with van der Waals surface area (Å²) in [4.78, 5) is 16.0. The number of carbonyl (C=O) groups excluding carboxylic acids is 1. The van der Waals surface area contributed by atoms with Crippen LogP contribution in [0, 0.1) is 19.8 Å². The van der Waals surface area contributed by atoms with Crippen molar-refractivity contribution in [3.63, 3.8) is 0 Å². The van der Waals surface area contributed by atoms with Crippen molar-refractivity contribution >= 4 is 16.7 Å². The van der Waals surface area contributed by atoms with Gasteiger partial charge in [-0.3, -0.25) is 4.79 Å². The molecule has 2 unspecified atom stereocenters. The van der Waals surface area contributed by atoms with E-state index in [1.165, 1.54) is 10.9 Å². The van der Waals surface area contributed by atoms with Crippen molar-refractivity contribution in [1.82, 2.24) is 4.98 Å². The van der Waals surface area contributed by atoms with E-state index in [1.54, 1.807) is 0 Å². The van der Waals surface area contributed by atoms with E-state index in [0.29, 0.717) is 12.2 Å². The van der Waals surface area contributed by atoms with Gasteiger partial charge >= 0.3 is 0 Å². The van der Waals surface area contributed by atoms with Gasteiger partial charge < -0.3 is 9.40 Å². The van der Waals surface area contributed by atoms with Gasteiger partial charge in [0.05, 0.1) is 5.92 Å². The van der Waals surface area contributed by atoms with Gasteiger partial charge in [0, 0.05) is 28.9 Å². The van der Waals surface area contributed by atoms with Crippen LogP contribution < -0.4 is 0 Å². The number of hydrogen-bond acceptors (Lipinski definition) is 2. The van der Waals surface area contributed by atoms with E-state index in [0.717, 1.165) is 35.6 Å². The molecule has 0 amide bonds. The average molecular weight is 307 g/mol. The smallest absolute Gasteiger partial charge is 0.137 e. The molecule has 2 aromatic heterocycles. The van der Waals surface area contributed by atoms with E-state index < -0.39 is 0 Å². The highest BCUT2D eigenvalue weighted by molar-refractivity contribution is 5.89. The van der Waals surface area contributed by atoms with Gasteiger partial charge in [-0.1, -0.05) is 18.2 Å². The number of fused-ring (bicyclic) bond motifs is 1. The van der Waals surface area contributed by atoms with Gasteiger partial charge in [0.25, 0.3) is 0 Å². The number of rotatable bonds is 3. The summed E-state index contributed by atoms with van der Waals surface area (Å²) in [6.07, 6.45) is 2.63. The fraction of sp³-hybridized carbons (Fsp3) is 0.350. The van der Waals surface area contributed by atoms with Crippen molar-refractivity contribution in [2.24, 2.45) is 5.92 Å². The number of ketones is 1. The lowest BCUT2D eigenvalue weighted by molar-refractivity contribution is -0.121. The summed E-state index contributed by atoms with van der Waals surface area (Å²) in [5.41, 5.74) is 3.47. The number of benzene rings is 1. The summed E-state index contributed by atoms with van der Waals surface area (Å²) in [5.74, 6) is 2.21. The normalized spacial score (nSPS) is 19.6. The highest BCUT2D eigenvalue weighted by Gasteiger charge is 2.37. The molecule has 0 radical (unpaired) electrons. The van der Waals surface area contributed by atoms with Crippen molar-refractivity contribution in [1.29, 1.82) is 0 Å². The number of H-pyrrole nitrogens is 1. The molecule has 2 atom stereocenters. The van der Waals surface area contributed by atoms with E-state index in [1.807, 2.05) is 25.1 Å². The minimum Gasteiger partial charge on any atom is -0.466 e. The zero-order chi connectivity index (χ0) is 16.0. The molecule has 0 aliphatic heterocycles. The number of aromatic amines is 1. The topological polar surface area (TPSA) is 46.0 Å². The second kappa shape index (κ2) is 5.41. The molecule has 1 saturated carbocycles. The number of aryl methyl sites for hydroxylation is 2. The number of nitrogens with one attached hydrogen (secondary N) is 1. The maximum Gasteiger partial charge on any atom is 0.137 e. The molecule has 1 fully saturated rings.